The van der Waals surface area contributed by atoms with Crippen LogP contribution in [0.1, 0.15) is 48.5 Å². The molecule has 158 valence electrons. The van der Waals surface area contributed by atoms with E-state index in [9.17, 15) is 9.90 Å². The monoisotopic (exact) mass is 417 g/mol. The van der Waals surface area contributed by atoms with Crippen molar-refractivity contribution in [2.45, 2.75) is 32.6 Å². The Bertz CT molecular complexity index is 1230. The maximum absolute atomic E-state index is 11.6. The Morgan fingerprint density at radius 1 is 1.06 bits per heavy atom. The highest BCUT2D eigenvalue weighted by atomic mass is 16.5. The van der Waals surface area contributed by atoms with Crippen molar-refractivity contribution in [2.75, 3.05) is 7.11 Å². The maximum atomic E-state index is 11.6. The number of carboxylic acid groups (broad SMARTS) is 1. The molecule has 0 unspecified atom stereocenters. The third kappa shape index (κ3) is 3.74. The van der Waals surface area contributed by atoms with Crippen molar-refractivity contribution < 1.29 is 19.1 Å². The molecule has 4 rings (SSSR count). The second kappa shape index (κ2) is 8.55. The van der Waals surface area contributed by atoms with Crippen LogP contribution in [0.2, 0.25) is 0 Å². The summed E-state index contributed by atoms with van der Waals surface area (Å²) in [5.74, 6) is -0.0219. The number of hydrogen-bond donors (Lipinski definition) is 1. The first kappa shape index (κ1) is 20.5. The van der Waals surface area contributed by atoms with E-state index in [1.807, 2.05) is 42.5 Å². The molecule has 0 aliphatic carbocycles. The van der Waals surface area contributed by atoms with Gasteiger partial charge in [-0.25, -0.2) is 9.78 Å². The summed E-state index contributed by atoms with van der Waals surface area (Å²) in [4.78, 5) is 16.2. The van der Waals surface area contributed by atoms with E-state index in [0.717, 1.165) is 29.5 Å². The standard InChI is InChI=1S/C24H23N3O4/c1-4-14(5-2)17-12-11-16-13-18(24(28)29)22(30-3)25-20(16)19(17)23-27-26-21(31-23)15-9-7-6-8-10-15/h6-14H,4-5H2,1-3H3,(H,28,29). The second-order valence-corrected chi connectivity index (χ2v) is 7.24. The lowest BCUT2D eigenvalue weighted by Crippen LogP contribution is -2.05. The number of ether oxygens (including phenoxy) is 1. The third-order valence-electron chi connectivity index (χ3n) is 5.49. The molecule has 0 fully saturated rings. The van der Waals surface area contributed by atoms with Crippen molar-refractivity contribution in [2.24, 2.45) is 0 Å². The van der Waals surface area contributed by atoms with Crippen LogP contribution in [0.15, 0.2) is 52.9 Å². The van der Waals surface area contributed by atoms with Crippen molar-refractivity contribution in [1.29, 1.82) is 0 Å². The van der Waals surface area contributed by atoms with Crippen LogP contribution in [0.25, 0.3) is 33.8 Å². The van der Waals surface area contributed by atoms with Gasteiger partial charge in [0, 0.05) is 10.9 Å². The summed E-state index contributed by atoms with van der Waals surface area (Å²) in [6.07, 6.45) is 1.86. The number of rotatable bonds is 7. The summed E-state index contributed by atoms with van der Waals surface area (Å²) in [7, 11) is 1.41. The minimum Gasteiger partial charge on any atom is -0.480 e. The van der Waals surface area contributed by atoms with Crippen molar-refractivity contribution in [3.63, 3.8) is 0 Å². The molecule has 7 heteroatoms. The Labute approximate surface area is 179 Å². The zero-order chi connectivity index (χ0) is 22.0. The van der Waals surface area contributed by atoms with Crippen LogP contribution in [0.5, 0.6) is 5.88 Å². The Kier molecular flexibility index (Phi) is 5.66. The van der Waals surface area contributed by atoms with Gasteiger partial charge in [-0.15, -0.1) is 10.2 Å². The summed E-state index contributed by atoms with van der Waals surface area (Å²) in [5.41, 5.74) is 3.17. The molecule has 0 saturated carbocycles. The van der Waals surface area contributed by atoms with Crippen LogP contribution in [0.4, 0.5) is 0 Å². The zero-order valence-electron chi connectivity index (χ0n) is 17.6. The summed E-state index contributed by atoms with van der Waals surface area (Å²) < 4.78 is 11.4. The SMILES string of the molecule is CCC(CC)c1ccc2cc(C(=O)O)c(OC)nc2c1-c1nnc(-c2ccccc2)o1. The Hall–Kier alpha value is -3.74. The fourth-order valence-electron chi connectivity index (χ4n) is 3.86. The summed E-state index contributed by atoms with van der Waals surface area (Å²) in [5, 5.41) is 18.8. The second-order valence-electron chi connectivity index (χ2n) is 7.24. The number of carboxylic acids is 1. The average molecular weight is 417 g/mol. The van der Waals surface area contributed by atoms with Crippen molar-refractivity contribution in [1.82, 2.24) is 15.2 Å². The van der Waals surface area contributed by atoms with E-state index in [2.05, 4.69) is 29.0 Å². The molecule has 0 saturated heterocycles. The van der Waals surface area contributed by atoms with E-state index in [-0.39, 0.29) is 17.4 Å². The van der Waals surface area contributed by atoms with E-state index in [1.165, 1.54) is 7.11 Å². The highest BCUT2D eigenvalue weighted by Gasteiger charge is 2.24. The van der Waals surface area contributed by atoms with Crippen LogP contribution in [0.3, 0.4) is 0 Å². The van der Waals surface area contributed by atoms with Gasteiger partial charge in [-0.3, -0.25) is 0 Å². The number of benzene rings is 2. The quantitative estimate of drug-likeness (QED) is 0.420. The molecule has 0 aliphatic rings. The number of methoxy groups -OCH3 is 1. The van der Waals surface area contributed by atoms with Gasteiger partial charge in [0.1, 0.15) is 5.56 Å². The minimum absolute atomic E-state index is 0.00624. The van der Waals surface area contributed by atoms with Crippen LogP contribution < -0.4 is 4.74 Å². The van der Waals surface area contributed by atoms with Crippen molar-refractivity contribution in [3.05, 3.63) is 59.7 Å². The van der Waals surface area contributed by atoms with Crippen molar-refractivity contribution in [3.8, 4) is 28.8 Å². The Morgan fingerprint density at radius 2 is 1.77 bits per heavy atom. The molecule has 0 bridgehead atoms. The zero-order valence-corrected chi connectivity index (χ0v) is 17.6. The van der Waals surface area contributed by atoms with Crippen LogP contribution >= 0.6 is 0 Å². The number of hydrogen-bond acceptors (Lipinski definition) is 6. The van der Waals surface area contributed by atoms with Crippen LogP contribution in [0, 0.1) is 0 Å². The number of pyridine rings is 1. The minimum atomic E-state index is -1.10. The number of aromatic carboxylic acids is 1. The number of nitrogens with zero attached hydrogens (tertiary/aromatic N) is 3. The van der Waals surface area contributed by atoms with E-state index in [4.69, 9.17) is 9.15 Å². The predicted molar refractivity (Wildman–Crippen MR) is 117 cm³/mol. The first-order chi connectivity index (χ1) is 15.1. The number of aromatic nitrogens is 3. The lowest BCUT2D eigenvalue weighted by molar-refractivity contribution is 0.0692. The van der Waals surface area contributed by atoms with Gasteiger partial charge in [0.15, 0.2) is 0 Å². The summed E-state index contributed by atoms with van der Waals surface area (Å²) in [6.45, 7) is 4.26. The predicted octanol–water partition coefficient (Wildman–Crippen LogP) is 5.56. The summed E-state index contributed by atoms with van der Waals surface area (Å²) >= 11 is 0. The Morgan fingerprint density at radius 3 is 2.42 bits per heavy atom. The molecule has 2 aromatic heterocycles. The highest BCUT2D eigenvalue weighted by Crippen LogP contribution is 2.39. The molecule has 0 radical (unpaired) electrons. The van der Waals surface area contributed by atoms with E-state index < -0.39 is 5.97 Å². The van der Waals surface area contributed by atoms with E-state index in [0.29, 0.717) is 22.7 Å². The van der Waals surface area contributed by atoms with Crippen LogP contribution in [-0.2, 0) is 0 Å². The highest BCUT2D eigenvalue weighted by molar-refractivity contribution is 6.00. The molecule has 1 N–H and O–H groups in total. The van der Waals surface area contributed by atoms with Gasteiger partial charge >= 0.3 is 5.97 Å². The fraction of sp³-hybridized carbons (Fsp3) is 0.250. The third-order valence-corrected chi connectivity index (χ3v) is 5.49. The number of fused-ring (bicyclic) bond motifs is 1. The molecular formula is C24H23N3O4. The topological polar surface area (TPSA) is 98.3 Å². The van der Waals surface area contributed by atoms with Gasteiger partial charge in [0.05, 0.1) is 18.2 Å². The largest absolute Gasteiger partial charge is 0.480 e. The number of carbonyl (C=O) groups is 1. The molecule has 0 atom stereocenters. The van der Waals surface area contributed by atoms with E-state index in [1.54, 1.807) is 6.07 Å². The molecule has 0 spiro atoms. The maximum Gasteiger partial charge on any atom is 0.341 e. The fourth-order valence-corrected chi connectivity index (χ4v) is 3.86. The van der Waals surface area contributed by atoms with Gasteiger partial charge in [0.2, 0.25) is 11.8 Å². The molecule has 4 aromatic rings. The lowest BCUT2D eigenvalue weighted by atomic mass is 9.88. The van der Waals surface area contributed by atoms with E-state index >= 15 is 0 Å². The normalized spacial score (nSPS) is 11.2. The molecule has 31 heavy (non-hydrogen) atoms. The smallest absolute Gasteiger partial charge is 0.341 e. The van der Waals surface area contributed by atoms with Crippen LogP contribution in [-0.4, -0.2) is 33.4 Å². The molecule has 7 nitrogen and oxygen atoms in total. The first-order valence-corrected chi connectivity index (χ1v) is 10.2. The summed E-state index contributed by atoms with van der Waals surface area (Å²) in [6, 6.07) is 15.0. The molecule has 0 aliphatic heterocycles. The van der Waals surface area contributed by atoms with Gasteiger partial charge in [-0.1, -0.05) is 44.2 Å². The lowest BCUT2D eigenvalue weighted by Gasteiger charge is -2.18. The van der Waals surface area contributed by atoms with Gasteiger partial charge < -0.3 is 14.3 Å². The van der Waals surface area contributed by atoms with Crippen molar-refractivity contribution >= 4 is 16.9 Å². The average Bonchev–Trinajstić information content (AvgIpc) is 3.29. The Balaban J connectivity index is 1.99. The van der Waals surface area contributed by atoms with Gasteiger partial charge in [-0.2, -0.15) is 0 Å². The van der Waals surface area contributed by atoms with Gasteiger partial charge in [0.25, 0.3) is 5.89 Å². The molecule has 2 aromatic carbocycles. The van der Waals surface area contributed by atoms with Gasteiger partial charge in [-0.05, 0) is 42.5 Å². The molecular weight excluding hydrogens is 394 g/mol. The molecule has 0 amide bonds. The molecule has 2 heterocycles. The first-order valence-electron chi connectivity index (χ1n) is 10.2.